The monoisotopic (exact) mass is 309 g/mol. The maximum atomic E-state index is 5.89. The van der Waals surface area contributed by atoms with Crippen LogP contribution in [0.3, 0.4) is 0 Å². The molecule has 0 unspecified atom stereocenters. The molecule has 5 nitrogen and oxygen atoms in total. The third-order valence-electron chi connectivity index (χ3n) is 2.98. The number of halogens is 1. The van der Waals surface area contributed by atoms with E-state index in [0.717, 1.165) is 15.9 Å². The summed E-state index contributed by atoms with van der Waals surface area (Å²) in [6.07, 6.45) is 1.72. The standard InChI is InChI=1S/C12H16BrN5/c1-7-10(8(2)18(3)17-7)6-16-12-11(14)4-9(13)5-15-12/h4-5H,6,14H2,1-3H3,(H,15,16). The van der Waals surface area contributed by atoms with Crippen LogP contribution in [-0.4, -0.2) is 14.8 Å². The van der Waals surface area contributed by atoms with Gasteiger partial charge in [0.05, 0.1) is 11.4 Å². The summed E-state index contributed by atoms with van der Waals surface area (Å²) in [5.41, 5.74) is 9.88. The van der Waals surface area contributed by atoms with Crippen LogP contribution in [0, 0.1) is 13.8 Å². The topological polar surface area (TPSA) is 68.8 Å². The molecule has 0 bridgehead atoms. The summed E-state index contributed by atoms with van der Waals surface area (Å²) >= 11 is 3.34. The van der Waals surface area contributed by atoms with Crippen LogP contribution in [0.1, 0.15) is 17.0 Å². The number of nitrogens with zero attached hydrogens (tertiary/aromatic N) is 3. The first-order valence-corrected chi connectivity index (χ1v) is 6.42. The Hall–Kier alpha value is -1.56. The van der Waals surface area contributed by atoms with Crippen molar-refractivity contribution < 1.29 is 0 Å². The fourth-order valence-corrected chi connectivity index (χ4v) is 2.20. The summed E-state index contributed by atoms with van der Waals surface area (Å²) < 4.78 is 2.75. The predicted octanol–water partition coefficient (Wildman–Crippen LogP) is 2.39. The van der Waals surface area contributed by atoms with E-state index in [0.29, 0.717) is 18.1 Å². The molecule has 0 aliphatic carbocycles. The van der Waals surface area contributed by atoms with Crippen molar-refractivity contribution in [2.75, 3.05) is 11.1 Å². The van der Waals surface area contributed by atoms with E-state index in [9.17, 15) is 0 Å². The van der Waals surface area contributed by atoms with Crippen LogP contribution in [0.5, 0.6) is 0 Å². The summed E-state index contributed by atoms with van der Waals surface area (Å²) in [5, 5.41) is 7.62. The molecular weight excluding hydrogens is 294 g/mol. The highest BCUT2D eigenvalue weighted by Crippen LogP contribution is 2.21. The van der Waals surface area contributed by atoms with Gasteiger partial charge in [-0.25, -0.2) is 4.98 Å². The fraction of sp³-hybridized carbons (Fsp3) is 0.333. The summed E-state index contributed by atoms with van der Waals surface area (Å²) in [5.74, 6) is 0.695. The lowest BCUT2D eigenvalue weighted by Gasteiger charge is -2.08. The second kappa shape index (κ2) is 4.97. The minimum Gasteiger partial charge on any atom is -0.396 e. The number of anilines is 2. The summed E-state index contributed by atoms with van der Waals surface area (Å²) in [6.45, 7) is 4.72. The van der Waals surface area contributed by atoms with Crippen LogP contribution in [0.15, 0.2) is 16.7 Å². The second-order valence-corrected chi connectivity index (χ2v) is 5.13. The Balaban J connectivity index is 2.16. The van der Waals surface area contributed by atoms with Crippen LogP contribution >= 0.6 is 15.9 Å². The van der Waals surface area contributed by atoms with Gasteiger partial charge in [-0.05, 0) is 35.8 Å². The zero-order chi connectivity index (χ0) is 13.3. The summed E-state index contributed by atoms with van der Waals surface area (Å²) in [6, 6.07) is 1.83. The van der Waals surface area contributed by atoms with Crippen LogP contribution in [-0.2, 0) is 13.6 Å². The van der Waals surface area contributed by atoms with Crippen molar-refractivity contribution in [1.82, 2.24) is 14.8 Å². The number of nitrogens with one attached hydrogen (secondary N) is 1. The molecule has 0 amide bonds. The Morgan fingerprint density at radius 1 is 1.44 bits per heavy atom. The molecule has 18 heavy (non-hydrogen) atoms. The third kappa shape index (κ3) is 2.48. The molecule has 2 rings (SSSR count). The van der Waals surface area contributed by atoms with E-state index in [-0.39, 0.29) is 0 Å². The molecule has 0 saturated heterocycles. The lowest BCUT2D eigenvalue weighted by molar-refractivity contribution is 0.730. The molecule has 3 N–H and O–H groups in total. The van der Waals surface area contributed by atoms with Gasteiger partial charge in [0.2, 0.25) is 0 Å². The lowest BCUT2D eigenvalue weighted by Crippen LogP contribution is -2.06. The number of pyridine rings is 1. The SMILES string of the molecule is Cc1nn(C)c(C)c1CNc1ncc(Br)cc1N. The molecule has 0 aliphatic rings. The first kappa shape index (κ1) is 12.9. The van der Waals surface area contributed by atoms with Crippen molar-refractivity contribution in [3.05, 3.63) is 33.7 Å². The summed E-state index contributed by atoms with van der Waals surface area (Å²) in [7, 11) is 1.94. The van der Waals surface area contributed by atoms with Gasteiger partial charge >= 0.3 is 0 Å². The second-order valence-electron chi connectivity index (χ2n) is 4.22. The lowest BCUT2D eigenvalue weighted by atomic mass is 10.2. The number of rotatable bonds is 3. The molecule has 0 fully saturated rings. The van der Waals surface area contributed by atoms with Gasteiger partial charge in [0, 0.05) is 35.5 Å². The largest absolute Gasteiger partial charge is 0.396 e. The van der Waals surface area contributed by atoms with Gasteiger partial charge in [0.25, 0.3) is 0 Å². The van der Waals surface area contributed by atoms with Gasteiger partial charge in [0.15, 0.2) is 0 Å². The highest BCUT2D eigenvalue weighted by atomic mass is 79.9. The van der Waals surface area contributed by atoms with E-state index in [1.807, 2.05) is 24.7 Å². The van der Waals surface area contributed by atoms with Crippen molar-refractivity contribution in [3.63, 3.8) is 0 Å². The Bertz CT molecular complexity index is 576. The molecule has 2 aromatic heterocycles. The molecule has 96 valence electrons. The van der Waals surface area contributed by atoms with Crippen molar-refractivity contribution in [1.29, 1.82) is 0 Å². The molecule has 2 heterocycles. The maximum Gasteiger partial charge on any atom is 0.149 e. The van der Waals surface area contributed by atoms with Crippen molar-refractivity contribution in [2.24, 2.45) is 7.05 Å². The first-order valence-electron chi connectivity index (χ1n) is 5.63. The highest BCUT2D eigenvalue weighted by Gasteiger charge is 2.09. The molecule has 6 heteroatoms. The van der Waals surface area contributed by atoms with E-state index < -0.39 is 0 Å². The Morgan fingerprint density at radius 3 is 2.72 bits per heavy atom. The number of nitrogen functional groups attached to an aromatic ring is 1. The number of aromatic nitrogens is 3. The van der Waals surface area contributed by atoms with E-state index in [1.54, 1.807) is 6.20 Å². The molecule has 0 aliphatic heterocycles. The van der Waals surface area contributed by atoms with Crippen LogP contribution in [0.2, 0.25) is 0 Å². The quantitative estimate of drug-likeness (QED) is 0.913. The third-order valence-corrected chi connectivity index (χ3v) is 3.41. The average Bonchev–Trinajstić information content (AvgIpc) is 2.53. The van der Waals surface area contributed by atoms with Crippen LogP contribution in [0.25, 0.3) is 0 Å². The first-order chi connectivity index (χ1) is 8.49. The van der Waals surface area contributed by atoms with Crippen molar-refractivity contribution >= 4 is 27.4 Å². The fourth-order valence-electron chi connectivity index (χ4n) is 1.85. The van der Waals surface area contributed by atoms with Crippen LogP contribution in [0.4, 0.5) is 11.5 Å². The average molecular weight is 310 g/mol. The highest BCUT2D eigenvalue weighted by molar-refractivity contribution is 9.10. The van der Waals surface area contributed by atoms with Gasteiger partial charge in [0.1, 0.15) is 5.82 Å². The van der Waals surface area contributed by atoms with Gasteiger partial charge in [-0.3, -0.25) is 4.68 Å². The van der Waals surface area contributed by atoms with E-state index >= 15 is 0 Å². The van der Waals surface area contributed by atoms with E-state index in [2.05, 4.69) is 38.3 Å². The maximum absolute atomic E-state index is 5.89. The smallest absolute Gasteiger partial charge is 0.149 e. The normalized spacial score (nSPS) is 10.7. The van der Waals surface area contributed by atoms with Gasteiger partial charge < -0.3 is 11.1 Å². The molecule has 0 radical (unpaired) electrons. The van der Waals surface area contributed by atoms with E-state index in [4.69, 9.17) is 5.73 Å². The van der Waals surface area contributed by atoms with Gasteiger partial charge in [-0.2, -0.15) is 5.10 Å². The van der Waals surface area contributed by atoms with Crippen molar-refractivity contribution in [2.45, 2.75) is 20.4 Å². The zero-order valence-electron chi connectivity index (χ0n) is 10.7. The molecular formula is C12H16BrN5. The number of nitrogens with two attached hydrogens (primary N) is 1. The van der Waals surface area contributed by atoms with Gasteiger partial charge in [-0.1, -0.05) is 0 Å². The van der Waals surface area contributed by atoms with Crippen LogP contribution < -0.4 is 11.1 Å². The minimum atomic E-state index is 0.628. The Morgan fingerprint density at radius 2 is 2.17 bits per heavy atom. The van der Waals surface area contributed by atoms with Gasteiger partial charge in [-0.15, -0.1) is 0 Å². The molecule has 0 saturated carbocycles. The molecule has 0 atom stereocenters. The Labute approximate surface area is 115 Å². The number of aryl methyl sites for hydroxylation is 2. The minimum absolute atomic E-state index is 0.628. The predicted molar refractivity (Wildman–Crippen MR) is 76.4 cm³/mol. The number of hydrogen-bond donors (Lipinski definition) is 2. The van der Waals surface area contributed by atoms with E-state index in [1.165, 1.54) is 5.56 Å². The van der Waals surface area contributed by atoms with Crippen molar-refractivity contribution in [3.8, 4) is 0 Å². The molecule has 0 aromatic carbocycles. The zero-order valence-corrected chi connectivity index (χ0v) is 12.2. The molecule has 0 spiro atoms. The number of hydrogen-bond acceptors (Lipinski definition) is 4. The summed E-state index contributed by atoms with van der Waals surface area (Å²) in [4.78, 5) is 4.25. The molecule has 2 aromatic rings. The Kier molecular flexibility index (Phi) is 3.56.